The van der Waals surface area contributed by atoms with Gasteiger partial charge in [-0.3, -0.25) is 4.79 Å². The zero-order valence-electron chi connectivity index (χ0n) is 9.80. The molecule has 0 aliphatic heterocycles. The Hall–Kier alpha value is -1.99. The molecule has 0 aliphatic carbocycles. The highest BCUT2D eigenvalue weighted by Crippen LogP contribution is 2.32. The lowest BCUT2D eigenvalue weighted by Gasteiger charge is -2.24. The SMILES string of the molecule is CC(C)(Nc1cc(C(F)(F)F)ncc1N)C(N)=O. The van der Waals surface area contributed by atoms with E-state index in [1.54, 1.807) is 0 Å². The summed E-state index contributed by atoms with van der Waals surface area (Å²) in [5, 5.41) is 2.56. The van der Waals surface area contributed by atoms with E-state index in [1.165, 1.54) is 13.8 Å². The van der Waals surface area contributed by atoms with Gasteiger partial charge in [-0.25, -0.2) is 4.98 Å². The van der Waals surface area contributed by atoms with Crippen molar-refractivity contribution in [2.24, 2.45) is 5.73 Å². The Morgan fingerprint density at radius 2 is 1.94 bits per heavy atom. The summed E-state index contributed by atoms with van der Waals surface area (Å²) >= 11 is 0. The minimum atomic E-state index is -4.58. The number of nitrogens with zero attached hydrogens (tertiary/aromatic N) is 1. The number of nitrogens with two attached hydrogens (primary N) is 2. The van der Waals surface area contributed by atoms with Crippen molar-refractivity contribution in [1.82, 2.24) is 4.98 Å². The largest absolute Gasteiger partial charge is 0.433 e. The summed E-state index contributed by atoms with van der Waals surface area (Å²) in [6.45, 7) is 2.87. The zero-order valence-corrected chi connectivity index (χ0v) is 9.80. The summed E-state index contributed by atoms with van der Waals surface area (Å²) in [6.07, 6.45) is -3.71. The third-order valence-electron chi connectivity index (χ3n) is 2.29. The minimum absolute atomic E-state index is 0.00248. The van der Waals surface area contributed by atoms with E-state index >= 15 is 0 Å². The number of anilines is 2. The van der Waals surface area contributed by atoms with Gasteiger partial charge in [0, 0.05) is 0 Å². The molecule has 0 saturated carbocycles. The number of amides is 1. The van der Waals surface area contributed by atoms with E-state index in [2.05, 4.69) is 10.3 Å². The Bertz CT molecular complexity index is 471. The lowest BCUT2D eigenvalue weighted by atomic mass is 10.0. The number of carbonyl (C=O) groups is 1. The van der Waals surface area contributed by atoms with Crippen molar-refractivity contribution in [3.05, 3.63) is 18.0 Å². The lowest BCUT2D eigenvalue weighted by molar-refractivity contribution is -0.141. The number of carbonyl (C=O) groups excluding carboxylic acids is 1. The van der Waals surface area contributed by atoms with Crippen molar-refractivity contribution in [1.29, 1.82) is 0 Å². The van der Waals surface area contributed by atoms with Crippen molar-refractivity contribution < 1.29 is 18.0 Å². The second-order valence-electron chi connectivity index (χ2n) is 4.27. The number of nitrogens with one attached hydrogen (secondary N) is 1. The molecule has 1 aromatic heterocycles. The number of hydrogen-bond donors (Lipinski definition) is 3. The number of hydrogen-bond acceptors (Lipinski definition) is 4. The van der Waals surface area contributed by atoms with Gasteiger partial charge >= 0.3 is 6.18 Å². The summed E-state index contributed by atoms with van der Waals surface area (Å²) in [5.74, 6) is -0.715. The molecule has 18 heavy (non-hydrogen) atoms. The first kappa shape index (κ1) is 14.1. The molecule has 0 unspecified atom stereocenters. The van der Waals surface area contributed by atoms with Crippen LogP contribution in [0.4, 0.5) is 24.5 Å². The van der Waals surface area contributed by atoms with E-state index < -0.39 is 23.3 Å². The molecule has 0 fully saturated rings. The Morgan fingerprint density at radius 1 is 1.39 bits per heavy atom. The van der Waals surface area contributed by atoms with Crippen molar-refractivity contribution in [2.45, 2.75) is 25.6 Å². The van der Waals surface area contributed by atoms with Crippen molar-refractivity contribution >= 4 is 17.3 Å². The van der Waals surface area contributed by atoms with E-state index in [1.807, 2.05) is 0 Å². The lowest BCUT2D eigenvalue weighted by Crippen LogP contribution is -2.45. The van der Waals surface area contributed by atoms with Crippen LogP contribution in [0.1, 0.15) is 19.5 Å². The fourth-order valence-corrected chi connectivity index (χ4v) is 1.13. The van der Waals surface area contributed by atoms with Gasteiger partial charge in [0.15, 0.2) is 0 Å². The molecule has 0 aromatic carbocycles. The Labute approximate surface area is 101 Å². The molecule has 1 amide bonds. The summed E-state index contributed by atoms with van der Waals surface area (Å²) in [7, 11) is 0. The van der Waals surface area contributed by atoms with Crippen molar-refractivity contribution in [3.63, 3.8) is 0 Å². The summed E-state index contributed by atoms with van der Waals surface area (Å²) in [5.41, 5.74) is 8.24. The molecule has 5 nitrogen and oxygen atoms in total. The predicted octanol–water partition coefficient (Wildman–Crippen LogP) is 1.36. The Kier molecular flexibility index (Phi) is 3.40. The molecule has 0 radical (unpaired) electrons. The van der Waals surface area contributed by atoms with Crippen LogP contribution < -0.4 is 16.8 Å². The number of halogens is 3. The smallest absolute Gasteiger partial charge is 0.396 e. The van der Waals surface area contributed by atoms with Crippen LogP contribution in [-0.2, 0) is 11.0 Å². The number of aromatic nitrogens is 1. The molecule has 1 heterocycles. The summed E-state index contributed by atoms with van der Waals surface area (Å²) < 4.78 is 37.4. The van der Waals surface area contributed by atoms with Gasteiger partial charge in [-0.05, 0) is 19.9 Å². The highest BCUT2D eigenvalue weighted by Gasteiger charge is 2.34. The first-order valence-corrected chi connectivity index (χ1v) is 4.95. The van der Waals surface area contributed by atoms with Gasteiger partial charge in [0.05, 0.1) is 17.6 Å². The highest BCUT2D eigenvalue weighted by atomic mass is 19.4. The standard InChI is InChI=1S/C10H13F3N4O/c1-9(2,8(15)18)17-6-3-7(10(11,12)13)16-4-5(6)14/h3-4H,14H2,1-2H3,(H2,15,18)(H,16,17). The van der Waals surface area contributed by atoms with Gasteiger partial charge in [-0.15, -0.1) is 0 Å². The van der Waals surface area contributed by atoms with Gasteiger partial charge in [-0.1, -0.05) is 0 Å². The summed E-state index contributed by atoms with van der Waals surface area (Å²) in [6, 6.07) is 0.736. The molecule has 0 spiro atoms. The van der Waals surface area contributed by atoms with E-state index in [-0.39, 0.29) is 11.4 Å². The topological polar surface area (TPSA) is 94.0 Å². The molecule has 0 aliphatic rings. The number of alkyl halides is 3. The fourth-order valence-electron chi connectivity index (χ4n) is 1.13. The Morgan fingerprint density at radius 3 is 2.39 bits per heavy atom. The van der Waals surface area contributed by atoms with Crippen LogP contribution in [0.25, 0.3) is 0 Å². The minimum Gasteiger partial charge on any atom is -0.396 e. The van der Waals surface area contributed by atoms with Crippen LogP contribution in [0.2, 0.25) is 0 Å². The fraction of sp³-hybridized carbons (Fsp3) is 0.400. The highest BCUT2D eigenvalue weighted by molar-refractivity contribution is 5.88. The molecule has 100 valence electrons. The van der Waals surface area contributed by atoms with Crippen molar-refractivity contribution in [2.75, 3.05) is 11.1 Å². The van der Waals surface area contributed by atoms with Crippen molar-refractivity contribution in [3.8, 4) is 0 Å². The van der Waals surface area contributed by atoms with Gasteiger partial charge in [-0.2, -0.15) is 13.2 Å². The number of pyridine rings is 1. The summed E-state index contributed by atoms with van der Waals surface area (Å²) in [4.78, 5) is 14.3. The molecular formula is C10H13F3N4O. The predicted molar refractivity (Wildman–Crippen MR) is 60.5 cm³/mol. The zero-order chi connectivity index (χ0) is 14.1. The van der Waals surface area contributed by atoms with Gasteiger partial charge in [0.2, 0.25) is 5.91 Å². The first-order chi connectivity index (χ1) is 8.04. The van der Waals surface area contributed by atoms with Crippen LogP contribution in [-0.4, -0.2) is 16.4 Å². The third-order valence-corrected chi connectivity index (χ3v) is 2.29. The van der Waals surface area contributed by atoms with Gasteiger partial charge < -0.3 is 16.8 Å². The molecule has 1 aromatic rings. The average Bonchev–Trinajstić information content (AvgIpc) is 2.19. The molecule has 0 bridgehead atoms. The maximum atomic E-state index is 12.5. The van der Waals surface area contributed by atoms with Gasteiger partial charge in [0.1, 0.15) is 11.2 Å². The molecule has 0 saturated heterocycles. The average molecular weight is 262 g/mol. The molecule has 8 heteroatoms. The molecule has 0 atom stereocenters. The molecule has 5 N–H and O–H groups in total. The third kappa shape index (κ3) is 3.02. The van der Waals surface area contributed by atoms with Crippen LogP contribution in [0.3, 0.4) is 0 Å². The quantitative estimate of drug-likeness (QED) is 0.766. The molecule has 1 rings (SSSR count). The second-order valence-corrected chi connectivity index (χ2v) is 4.27. The van der Waals surface area contributed by atoms with E-state index in [0.29, 0.717) is 0 Å². The Balaban J connectivity index is 3.14. The van der Waals surface area contributed by atoms with Crippen LogP contribution in [0.5, 0.6) is 0 Å². The molecular weight excluding hydrogens is 249 g/mol. The number of rotatable bonds is 3. The van der Waals surface area contributed by atoms with Gasteiger partial charge in [0.25, 0.3) is 0 Å². The maximum Gasteiger partial charge on any atom is 0.433 e. The number of nitrogen functional groups attached to an aromatic ring is 1. The van der Waals surface area contributed by atoms with E-state index in [4.69, 9.17) is 11.5 Å². The van der Waals surface area contributed by atoms with Crippen LogP contribution >= 0.6 is 0 Å². The number of primary amides is 1. The normalized spacial score (nSPS) is 12.3. The first-order valence-electron chi connectivity index (χ1n) is 4.95. The van der Waals surface area contributed by atoms with Crippen LogP contribution in [0.15, 0.2) is 12.3 Å². The monoisotopic (exact) mass is 262 g/mol. The van der Waals surface area contributed by atoms with E-state index in [0.717, 1.165) is 12.3 Å². The van der Waals surface area contributed by atoms with E-state index in [9.17, 15) is 18.0 Å². The maximum absolute atomic E-state index is 12.5. The van der Waals surface area contributed by atoms with Crippen LogP contribution in [0, 0.1) is 0 Å². The second kappa shape index (κ2) is 4.35.